The average Bonchev–Trinajstić information content (AvgIpc) is 2.77. The number of anilines is 1. The number of carboxylic acid groups (broad SMARTS) is 1. The molecule has 7 heteroatoms. The third-order valence-electron chi connectivity index (χ3n) is 2.06. The van der Waals surface area contributed by atoms with Gasteiger partial charge in [0.2, 0.25) is 0 Å². The topological polar surface area (TPSA) is 79.3 Å². The average molecular weight is 283 g/mol. The van der Waals surface area contributed by atoms with Crippen LogP contribution in [0, 0.1) is 0 Å². The zero-order chi connectivity index (χ0) is 13.1. The zero-order valence-corrected chi connectivity index (χ0v) is 10.5. The molecule has 0 fully saturated rings. The number of nitrogens with one attached hydrogen (secondary N) is 1. The van der Waals surface area contributed by atoms with Crippen molar-refractivity contribution in [3.63, 3.8) is 0 Å². The molecule has 0 atom stereocenters. The minimum absolute atomic E-state index is 0.0744. The molecule has 0 spiro atoms. The number of amides is 1. The number of thiophene rings is 1. The van der Waals surface area contributed by atoms with Crippen LogP contribution in [0.15, 0.2) is 29.6 Å². The van der Waals surface area contributed by atoms with E-state index in [0.29, 0.717) is 0 Å². The molecular formula is C11H7ClN2O3S. The molecule has 1 amide bonds. The summed E-state index contributed by atoms with van der Waals surface area (Å²) in [6, 6.07) is 6.16. The Hall–Kier alpha value is -1.92. The van der Waals surface area contributed by atoms with Crippen LogP contribution in [0.25, 0.3) is 0 Å². The molecule has 0 aliphatic carbocycles. The number of halogens is 1. The first kappa shape index (κ1) is 12.5. The Kier molecular flexibility index (Phi) is 3.59. The maximum atomic E-state index is 11.8. The molecular weight excluding hydrogens is 276 g/mol. The Morgan fingerprint density at radius 2 is 2.11 bits per heavy atom. The number of aromatic nitrogens is 1. The quantitative estimate of drug-likeness (QED) is 0.849. The lowest BCUT2D eigenvalue weighted by molar-refractivity contribution is 0.0703. The van der Waals surface area contributed by atoms with Crippen LogP contribution < -0.4 is 5.32 Å². The number of nitrogens with zero attached hydrogens (tertiary/aromatic N) is 1. The van der Waals surface area contributed by atoms with Gasteiger partial charge < -0.3 is 10.4 Å². The van der Waals surface area contributed by atoms with E-state index in [1.54, 1.807) is 17.5 Å². The van der Waals surface area contributed by atoms with Crippen molar-refractivity contribution in [2.45, 2.75) is 0 Å². The summed E-state index contributed by atoms with van der Waals surface area (Å²) in [5.41, 5.74) is 0.379. The molecule has 5 nitrogen and oxygen atoms in total. The minimum Gasteiger partial charge on any atom is -0.477 e. The lowest BCUT2D eigenvalue weighted by Gasteiger charge is -2.03. The molecule has 0 aromatic carbocycles. The van der Waals surface area contributed by atoms with E-state index in [0.717, 1.165) is 11.3 Å². The molecule has 2 heterocycles. The molecule has 18 heavy (non-hydrogen) atoms. The molecule has 0 unspecified atom stereocenters. The maximum absolute atomic E-state index is 11.8. The number of aromatic carboxylic acids is 1. The first-order valence-electron chi connectivity index (χ1n) is 4.82. The summed E-state index contributed by atoms with van der Waals surface area (Å²) in [6.45, 7) is 0. The molecule has 0 radical (unpaired) electrons. The summed E-state index contributed by atoms with van der Waals surface area (Å²) < 4.78 is 0. The van der Waals surface area contributed by atoms with Crippen LogP contribution >= 0.6 is 22.9 Å². The van der Waals surface area contributed by atoms with E-state index in [2.05, 4.69) is 10.3 Å². The highest BCUT2D eigenvalue weighted by molar-refractivity contribution is 7.12. The van der Waals surface area contributed by atoms with Crippen molar-refractivity contribution in [1.82, 2.24) is 4.98 Å². The second kappa shape index (κ2) is 5.16. The van der Waals surface area contributed by atoms with Gasteiger partial charge in [0.05, 0.1) is 5.69 Å². The fourth-order valence-electron chi connectivity index (χ4n) is 1.29. The van der Waals surface area contributed by atoms with E-state index in [1.807, 2.05) is 0 Å². The number of carbonyl (C=O) groups is 2. The number of hydrogen-bond donors (Lipinski definition) is 2. The summed E-state index contributed by atoms with van der Waals surface area (Å²) in [5, 5.41) is 13.2. The standard InChI is InChI=1S/C11H7ClN2O3S/c12-8-3-1-2-7(13-8)10(15)14-6-4-5-18-9(6)11(16)17/h1-5H,(H,14,15)(H,16,17). The minimum atomic E-state index is -1.08. The molecule has 0 saturated heterocycles. The number of pyridine rings is 1. The molecule has 92 valence electrons. The lowest BCUT2D eigenvalue weighted by atomic mass is 10.3. The third kappa shape index (κ3) is 2.66. The van der Waals surface area contributed by atoms with E-state index in [4.69, 9.17) is 16.7 Å². The van der Waals surface area contributed by atoms with Gasteiger partial charge in [0.15, 0.2) is 0 Å². The Morgan fingerprint density at radius 1 is 1.33 bits per heavy atom. The Morgan fingerprint density at radius 3 is 2.78 bits per heavy atom. The Labute approximate surface area is 111 Å². The van der Waals surface area contributed by atoms with Crippen LogP contribution in [0.2, 0.25) is 5.15 Å². The maximum Gasteiger partial charge on any atom is 0.348 e. The predicted molar refractivity (Wildman–Crippen MR) is 68.5 cm³/mol. The summed E-state index contributed by atoms with van der Waals surface area (Å²) in [4.78, 5) is 26.6. The van der Waals surface area contributed by atoms with Gasteiger partial charge in [-0.1, -0.05) is 17.7 Å². The predicted octanol–water partition coefficient (Wildman–Crippen LogP) is 2.75. The summed E-state index contributed by atoms with van der Waals surface area (Å²) in [7, 11) is 0. The van der Waals surface area contributed by atoms with E-state index in [-0.39, 0.29) is 21.4 Å². The molecule has 0 aliphatic heterocycles. The Balaban J connectivity index is 2.21. The van der Waals surface area contributed by atoms with Gasteiger partial charge in [0.1, 0.15) is 15.7 Å². The number of carboxylic acids is 1. The van der Waals surface area contributed by atoms with Crippen molar-refractivity contribution >= 4 is 40.5 Å². The van der Waals surface area contributed by atoms with E-state index in [1.165, 1.54) is 12.1 Å². The van der Waals surface area contributed by atoms with E-state index >= 15 is 0 Å². The van der Waals surface area contributed by atoms with Gasteiger partial charge in [0, 0.05) is 0 Å². The first-order valence-corrected chi connectivity index (χ1v) is 6.08. The molecule has 0 saturated carbocycles. The molecule has 0 aliphatic rings. The van der Waals surface area contributed by atoms with E-state index in [9.17, 15) is 9.59 Å². The SMILES string of the molecule is O=C(Nc1ccsc1C(=O)O)c1cccc(Cl)n1. The first-order chi connectivity index (χ1) is 8.58. The van der Waals surface area contributed by atoms with Crippen molar-refractivity contribution in [2.24, 2.45) is 0 Å². The number of carbonyl (C=O) groups excluding carboxylic acids is 1. The zero-order valence-electron chi connectivity index (χ0n) is 8.88. The van der Waals surface area contributed by atoms with Gasteiger partial charge in [-0.25, -0.2) is 9.78 Å². The second-order valence-electron chi connectivity index (χ2n) is 3.27. The van der Waals surface area contributed by atoms with Gasteiger partial charge in [-0.2, -0.15) is 0 Å². The highest BCUT2D eigenvalue weighted by Gasteiger charge is 2.15. The van der Waals surface area contributed by atoms with Crippen LogP contribution in [0.1, 0.15) is 20.2 Å². The largest absolute Gasteiger partial charge is 0.477 e. The highest BCUT2D eigenvalue weighted by atomic mass is 35.5. The monoisotopic (exact) mass is 282 g/mol. The van der Waals surface area contributed by atoms with Crippen molar-refractivity contribution in [3.8, 4) is 0 Å². The van der Waals surface area contributed by atoms with Crippen LogP contribution in [0.3, 0.4) is 0 Å². The Bertz CT molecular complexity index is 612. The van der Waals surface area contributed by atoms with Crippen molar-refractivity contribution in [2.75, 3.05) is 5.32 Å². The molecule has 2 aromatic rings. The third-order valence-corrected chi connectivity index (χ3v) is 3.17. The summed E-state index contributed by atoms with van der Waals surface area (Å²) in [6.07, 6.45) is 0. The van der Waals surface area contributed by atoms with Crippen LogP contribution in [0.4, 0.5) is 5.69 Å². The van der Waals surface area contributed by atoms with Crippen LogP contribution in [0.5, 0.6) is 0 Å². The van der Waals surface area contributed by atoms with E-state index < -0.39 is 11.9 Å². The fraction of sp³-hybridized carbons (Fsp3) is 0. The van der Waals surface area contributed by atoms with Crippen molar-refractivity contribution in [3.05, 3.63) is 45.4 Å². The summed E-state index contributed by atoms with van der Waals surface area (Å²) >= 11 is 6.71. The van der Waals surface area contributed by atoms with Gasteiger partial charge in [-0.05, 0) is 23.6 Å². The van der Waals surface area contributed by atoms with Crippen LogP contribution in [-0.2, 0) is 0 Å². The molecule has 2 aromatic heterocycles. The second-order valence-corrected chi connectivity index (χ2v) is 4.57. The lowest BCUT2D eigenvalue weighted by Crippen LogP contribution is -2.14. The van der Waals surface area contributed by atoms with Gasteiger partial charge in [-0.15, -0.1) is 11.3 Å². The number of hydrogen-bond acceptors (Lipinski definition) is 4. The molecule has 0 bridgehead atoms. The summed E-state index contributed by atoms with van der Waals surface area (Å²) in [5.74, 6) is -1.59. The van der Waals surface area contributed by atoms with Gasteiger partial charge in [0.25, 0.3) is 5.91 Å². The number of rotatable bonds is 3. The fourth-order valence-corrected chi connectivity index (χ4v) is 2.15. The van der Waals surface area contributed by atoms with Gasteiger partial charge >= 0.3 is 5.97 Å². The highest BCUT2D eigenvalue weighted by Crippen LogP contribution is 2.22. The molecule has 2 N–H and O–H groups in total. The normalized spacial score (nSPS) is 10.1. The van der Waals surface area contributed by atoms with Gasteiger partial charge in [-0.3, -0.25) is 4.79 Å². The van der Waals surface area contributed by atoms with Crippen molar-refractivity contribution in [1.29, 1.82) is 0 Å². The van der Waals surface area contributed by atoms with Crippen LogP contribution in [-0.4, -0.2) is 22.0 Å². The molecule has 2 rings (SSSR count). The van der Waals surface area contributed by atoms with Crippen molar-refractivity contribution < 1.29 is 14.7 Å². The smallest absolute Gasteiger partial charge is 0.348 e.